The van der Waals surface area contributed by atoms with Crippen molar-refractivity contribution in [2.75, 3.05) is 19.7 Å². The molecule has 1 saturated carbocycles. The fourth-order valence-electron chi connectivity index (χ4n) is 4.59. The normalized spacial score (nSPS) is 15.0. The molecule has 0 unspecified atom stereocenters. The van der Waals surface area contributed by atoms with Crippen molar-refractivity contribution in [2.45, 2.75) is 44.9 Å². The summed E-state index contributed by atoms with van der Waals surface area (Å²) in [5, 5.41) is 2.92. The molecule has 1 aliphatic heterocycles. The molecule has 2 N–H and O–H groups in total. The highest BCUT2D eigenvalue weighted by atomic mass is 35.5. The van der Waals surface area contributed by atoms with Gasteiger partial charge in [-0.3, -0.25) is 10.2 Å². The van der Waals surface area contributed by atoms with E-state index < -0.39 is 0 Å². The number of hydrazine groups is 1. The van der Waals surface area contributed by atoms with Gasteiger partial charge in [0.25, 0.3) is 5.91 Å². The molecule has 5 nitrogen and oxygen atoms in total. The van der Waals surface area contributed by atoms with Gasteiger partial charge in [-0.25, -0.2) is 13.8 Å². The van der Waals surface area contributed by atoms with Crippen molar-refractivity contribution in [3.05, 3.63) is 64.9 Å². The maximum absolute atomic E-state index is 14.2. The summed E-state index contributed by atoms with van der Waals surface area (Å²) < 4.78 is 33.4. The maximum Gasteiger partial charge on any atom is 0.269 e. The second-order valence-electron chi connectivity index (χ2n) is 9.15. The molecule has 0 atom stereocenters. The molecular weight excluding hydrogens is 460 g/mol. The van der Waals surface area contributed by atoms with Gasteiger partial charge in [-0.2, -0.15) is 0 Å². The van der Waals surface area contributed by atoms with E-state index in [1.54, 1.807) is 12.1 Å². The number of aromatic amines is 1. The first kappa shape index (κ1) is 24.5. The van der Waals surface area contributed by atoms with Crippen LogP contribution in [-0.4, -0.2) is 35.6 Å². The maximum atomic E-state index is 14.2. The summed E-state index contributed by atoms with van der Waals surface area (Å²) in [4.78, 5) is 16.2. The van der Waals surface area contributed by atoms with Gasteiger partial charge in [0, 0.05) is 35.8 Å². The summed E-state index contributed by atoms with van der Waals surface area (Å²) in [7, 11) is 0. The number of rotatable bonds is 9. The number of nitrogens with zero attached hydrogens (tertiary/aromatic N) is 1. The van der Waals surface area contributed by atoms with E-state index in [-0.39, 0.29) is 29.9 Å². The minimum Gasteiger partial charge on any atom is -0.492 e. The Morgan fingerprint density at radius 1 is 1.18 bits per heavy atom. The predicted molar refractivity (Wildman–Crippen MR) is 130 cm³/mol. The van der Waals surface area contributed by atoms with Crippen LogP contribution in [0.1, 0.15) is 53.6 Å². The number of aryl methyl sites for hydroxylation is 1. The van der Waals surface area contributed by atoms with Crippen molar-refractivity contribution in [3.63, 3.8) is 0 Å². The summed E-state index contributed by atoms with van der Waals surface area (Å²) in [5.74, 6) is 0.208. The first-order valence-electron chi connectivity index (χ1n) is 11.8. The Balaban J connectivity index is 0.00000274. The molecule has 182 valence electrons. The summed E-state index contributed by atoms with van der Waals surface area (Å²) in [6.45, 7) is 2.04. The zero-order valence-corrected chi connectivity index (χ0v) is 19.9. The van der Waals surface area contributed by atoms with E-state index in [1.807, 2.05) is 11.2 Å². The lowest BCUT2D eigenvalue weighted by atomic mass is 10.0. The molecule has 8 heteroatoms. The van der Waals surface area contributed by atoms with E-state index in [0.29, 0.717) is 35.8 Å². The standard InChI is InChI=1S/C26H29F2N3O2.ClH/c27-19-8-11-24-22(14-19)18(15-29-24)4-1-2-12-31(16-17-6-7-17)30-26(32)21-9-10-23(28)20-5-3-13-33-25(20)21;/h8-11,14-15,17,29H,1-7,12-13,16H2,(H,30,32);1H. The van der Waals surface area contributed by atoms with Crippen LogP contribution in [0.5, 0.6) is 5.75 Å². The molecule has 0 saturated heterocycles. The first-order valence-corrected chi connectivity index (χ1v) is 11.8. The van der Waals surface area contributed by atoms with Crippen LogP contribution < -0.4 is 10.2 Å². The van der Waals surface area contributed by atoms with Crippen LogP contribution in [0.15, 0.2) is 36.5 Å². The number of carbonyl (C=O) groups excluding carboxylic acids is 1. The minimum absolute atomic E-state index is 0. The number of fused-ring (bicyclic) bond motifs is 2. The van der Waals surface area contributed by atoms with E-state index in [4.69, 9.17) is 4.74 Å². The van der Waals surface area contributed by atoms with Crippen molar-refractivity contribution < 1.29 is 18.3 Å². The lowest BCUT2D eigenvalue weighted by Gasteiger charge is -2.25. The van der Waals surface area contributed by atoms with Gasteiger partial charge in [-0.05, 0) is 86.8 Å². The van der Waals surface area contributed by atoms with E-state index in [0.717, 1.165) is 55.2 Å². The number of amides is 1. The van der Waals surface area contributed by atoms with E-state index in [1.165, 1.54) is 31.0 Å². The van der Waals surface area contributed by atoms with Gasteiger partial charge in [0.1, 0.15) is 17.4 Å². The Labute approximate surface area is 204 Å². The molecule has 1 aromatic heterocycles. The molecule has 0 radical (unpaired) electrons. The lowest BCUT2D eigenvalue weighted by molar-refractivity contribution is 0.0770. The number of aromatic nitrogens is 1. The molecule has 1 aliphatic carbocycles. The van der Waals surface area contributed by atoms with Crippen molar-refractivity contribution in [2.24, 2.45) is 5.92 Å². The van der Waals surface area contributed by atoms with Crippen LogP contribution in [0.4, 0.5) is 8.78 Å². The average Bonchev–Trinajstić information content (AvgIpc) is 3.55. The Kier molecular flexibility index (Phi) is 7.73. The quantitative estimate of drug-likeness (QED) is 0.305. The fourth-order valence-corrected chi connectivity index (χ4v) is 4.59. The van der Waals surface area contributed by atoms with E-state index in [2.05, 4.69) is 10.4 Å². The third-order valence-electron chi connectivity index (χ3n) is 6.55. The number of halogens is 3. The Bertz CT molecular complexity index is 1160. The first-order chi connectivity index (χ1) is 16.1. The summed E-state index contributed by atoms with van der Waals surface area (Å²) in [6, 6.07) is 7.67. The van der Waals surface area contributed by atoms with Gasteiger partial charge in [0.05, 0.1) is 12.2 Å². The van der Waals surface area contributed by atoms with Gasteiger partial charge in [-0.15, -0.1) is 12.4 Å². The van der Waals surface area contributed by atoms with Gasteiger partial charge in [0.15, 0.2) is 0 Å². The second-order valence-corrected chi connectivity index (χ2v) is 9.15. The number of H-pyrrole nitrogens is 1. The molecule has 0 bridgehead atoms. The number of hydrogen-bond donors (Lipinski definition) is 2. The number of carbonyl (C=O) groups is 1. The molecule has 0 spiro atoms. The van der Waals surface area contributed by atoms with Crippen molar-refractivity contribution in [1.29, 1.82) is 0 Å². The molecule has 1 fully saturated rings. The predicted octanol–water partition coefficient (Wildman–Crippen LogP) is 5.57. The van der Waals surface area contributed by atoms with Crippen LogP contribution in [-0.2, 0) is 12.8 Å². The van der Waals surface area contributed by atoms with Gasteiger partial charge in [0.2, 0.25) is 0 Å². The molecule has 2 aromatic carbocycles. The number of ether oxygens (including phenoxy) is 1. The SMILES string of the molecule is Cl.O=C(NN(CCCCc1c[nH]c2ccc(F)cc12)CC1CC1)c1ccc(F)c2c1OCCC2. The smallest absolute Gasteiger partial charge is 0.269 e. The number of unbranched alkanes of at least 4 members (excludes halogenated alkanes) is 1. The average molecular weight is 490 g/mol. The molecule has 2 heterocycles. The molecule has 1 amide bonds. The molecule has 5 rings (SSSR count). The summed E-state index contributed by atoms with van der Waals surface area (Å²) >= 11 is 0. The van der Waals surface area contributed by atoms with Gasteiger partial charge >= 0.3 is 0 Å². The van der Waals surface area contributed by atoms with Gasteiger partial charge in [-0.1, -0.05) is 0 Å². The number of hydrogen-bond acceptors (Lipinski definition) is 3. The van der Waals surface area contributed by atoms with Crippen LogP contribution in [0.2, 0.25) is 0 Å². The number of benzene rings is 2. The topological polar surface area (TPSA) is 57.4 Å². The van der Waals surface area contributed by atoms with Crippen molar-refractivity contribution in [1.82, 2.24) is 15.4 Å². The Hall–Kier alpha value is -2.64. The van der Waals surface area contributed by atoms with Gasteiger partial charge < -0.3 is 9.72 Å². The van der Waals surface area contributed by atoms with Crippen LogP contribution in [0.3, 0.4) is 0 Å². The monoisotopic (exact) mass is 489 g/mol. The summed E-state index contributed by atoms with van der Waals surface area (Å²) in [5.41, 5.74) is 5.99. The fraction of sp³-hybridized carbons (Fsp3) is 0.423. The Morgan fingerprint density at radius 2 is 2.03 bits per heavy atom. The third kappa shape index (κ3) is 5.53. The molecule has 34 heavy (non-hydrogen) atoms. The van der Waals surface area contributed by atoms with Crippen LogP contribution >= 0.6 is 12.4 Å². The van der Waals surface area contributed by atoms with E-state index >= 15 is 0 Å². The molecule has 2 aliphatic rings. The number of nitrogens with one attached hydrogen (secondary N) is 2. The second kappa shape index (κ2) is 10.7. The van der Waals surface area contributed by atoms with Crippen LogP contribution in [0, 0.1) is 17.6 Å². The third-order valence-corrected chi connectivity index (χ3v) is 6.55. The van der Waals surface area contributed by atoms with Crippen LogP contribution in [0.25, 0.3) is 10.9 Å². The zero-order chi connectivity index (χ0) is 22.8. The summed E-state index contributed by atoms with van der Waals surface area (Å²) in [6.07, 6.45) is 8.32. The largest absolute Gasteiger partial charge is 0.492 e. The Morgan fingerprint density at radius 3 is 2.85 bits per heavy atom. The van der Waals surface area contributed by atoms with E-state index in [9.17, 15) is 13.6 Å². The lowest BCUT2D eigenvalue weighted by Crippen LogP contribution is -2.44. The zero-order valence-electron chi connectivity index (χ0n) is 19.0. The highest BCUT2D eigenvalue weighted by Crippen LogP contribution is 2.32. The van der Waals surface area contributed by atoms with Crippen molar-refractivity contribution in [3.8, 4) is 5.75 Å². The highest BCUT2D eigenvalue weighted by Gasteiger charge is 2.27. The molecule has 3 aromatic rings. The molecular formula is C26H30ClF2N3O2. The van der Waals surface area contributed by atoms with Crippen molar-refractivity contribution >= 4 is 29.2 Å². The highest BCUT2D eigenvalue weighted by molar-refractivity contribution is 5.97. The minimum atomic E-state index is -0.312.